The number of rotatable bonds is 12. The van der Waals surface area contributed by atoms with Crippen LogP contribution in [0.2, 0.25) is 10.0 Å². The molecule has 1 aromatic carbocycles. The summed E-state index contributed by atoms with van der Waals surface area (Å²) in [5, 5.41) is 10.3. The number of nitrogens with one attached hydrogen (secondary N) is 3. The monoisotopic (exact) mass is 638 g/mol. The third kappa shape index (κ3) is 7.14. The first kappa shape index (κ1) is 31.5. The lowest BCUT2D eigenvalue weighted by Crippen LogP contribution is -2.52. The van der Waals surface area contributed by atoms with Crippen LogP contribution in [-0.2, 0) is 19.4 Å². The maximum absolute atomic E-state index is 12.2. The van der Waals surface area contributed by atoms with E-state index in [1.165, 1.54) is 20.3 Å². The van der Waals surface area contributed by atoms with Gasteiger partial charge in [-0.3, -0.25) is 4.79 Å². The summed E-state index contributed by atoms with van der Waals surface area (Å²) in [6.45, 7) is 6.02. The van der Waals surface area contributed by atoms with E-state index in [0.717, 1.165) is 0 Å². The molecule has 0 aliphatic carbocycles. The Hall–Kier alpha value is -3.39. The van der Waals surface area contributed by atoms with Crippen LogP contribution in [-0.4, -0.2) is 86.8 Å². The average molecular weight is 640 g/mol. The first-order valence-corrected chi connectivity index (χ1v) is 15.7. The fourth-order valence-electron chi connectivity index (χ4n) is 4.40. The van der Waals surface area contributed by atoms with Gasteiger partial charge in [-0.05, 0) is 18.6 Å². The van der Waals surface area contributed by atoms with Gasteiger partial charge in [-0.1, -0.05) is 36.7 Å². The standard InChI is InChI=1S/C27H32Cl2N6O6S/c1-5-21(36)32-16-7-9-41-14-18(16)34-27-31-13-15-11-17(22-23(28)19(39-3)12-20(40-4)24(22)29)33-26(25(15)35-27)30-8-10-42(37,38)6-2/h5,11-13,16,18H,1,6-10,14H2,2-4H3,(H,30,33)(H,32,36)(H,31,34,35)/t16-,18+/m0/s1. The number of sulfone groups is 1. The zero-order valence-corrected chi connectivity index (χ0v) is 25.7. The molecule has 0 unspecified atom stereocenters. The minimum absolute atomic E-state index is 0.0149. The summed E-state index contributed by atoms with van der Waals surface area (Å²) in [6, 6.07) is 2.76. The molecule has 3 heterocycles. The molecule has 12 nitrogen and oxygen atoms in total. The first-order valence-electron chi connectivity index (χ1n) is 13.1. The molecule has 3 aromatic rings. The van der Waals surface area contributed by atoms with Crippen LogP contribution in [0.25, 0.3) is 22.2 Å². The van der Waals surface area contributed by atoms with Crippen LogP contribution in [0.1, 0.15) is 13.3 Å². The molecule has 226 valence electrons. The van der Waals surface area contributed by atoms with Crippen molar-refractivity contribution in [3.8, 4) is 22.8 Å². The van der Waals surface area contributed by atoms with Crippen molar-refractivity contribution >= 4 is 61.6 Å². The maximum Gasteiger partial charge on any atom is 0.243 e. The normalized spacial score (nSPS) is 17.0. The van der Waals surface area contributed by atoms with E-state index in [-0.39, 0.29) is 52.0 Å². The van der Waals surface area contributed by atoms with Crippen LogP contribution in [0, 0.1) is 0 Å². The van der Waals surface area contributed by atoms with E-state index in [9.17, 15) is 13.2 Å². The molecule has 42 heavy (non-hydrogen) atoms. The van der Waals surface area contributed by atoms with E-state index < -0.39 is 9.84 Å². The summed E-state index contributed by atoms with van der Waals surface area (Å²) in [5.41, 5.74) is 1.16. The molecule has 1 aliphatic rings. The number of aromatic nitrogens is 3. The van der Waals surface area contributed by atoms with Crippen molar-refractivity contribution < 1.29 is 27.4 Å². The lowest BCUT2D eigenvalue weighted by molar-refractivity contribution is -0.117. The van der Waals surface area contributed by atoms with Gasteiger partial charge >= 0.3 is 0 Å². The number of methoxy groups -OCH3 is 2. The number of pyridine rings is 1. The molecular formula is C27H32Cl2N6O6S. The van der Waals surface area contributed by atoms with Crippen molar-refractivity contribution in [2.75, 3.05) is 56.1 Å². The highest BCUT2D eigenvalue weighted by molar-refractivity contribution is 7.91. The third-order valence-electron chi connectivity index (χ3n) is 6.72. The maximum atomic E-state index is 12.2. The van der Waals surface area contributed by atoms with Gasteiger partial charge in [0, 0.05) is 42.1 Å². The molecule has 0 bridgehead atoms. The summed E-state index contributed by atoms with van der Waals surface area (Å²) in [6.07, 6.45) is 3.42. The number of nitrogens with zero attached hydrogens (tertiary/aromatic N) is 3. The van der Waals surface area contributed by atoms with Gasteiger partial charge < -0.3 is 30.2 Å². The zero-order valence-electron chi connectivity index (χ0n) is 23.4. The van der Waals surface area contributed by atoms with Crippen LogP contribution in [0.5, 0.6) is 11.5 Å². The molecule has 2 aromatic heterocycles. The Morgan fingerprint density at radius 2 is 1.88 bits per heavy atom. The smallest absolute Gasteiger partial charge is 0.243 e. The van der Waals surface area contributed by atoms with Crippen molar-refractivity contribution in [3.05, 3.63) is 41.0 Å². The Bertz CT molecular complexity index is 1560. The Kier molecular flexibility index (Phi) is 10.3. The predicted octanol–water partition coefficient (Wildman–Crippen LogP) is 3.73. The Morgan fingerprint density at radius 3 is 2.52 bits per heavy atom. The zero-order chi connectivity index (χ0) is 30.4. The lowest BCUT2D eigenvalue weighted by atomic mass is 10.0. The lowest BCUT2D eigenvalue weighted by Gasteiger charge is -2.32. The largest absolute Gasteiger partial charge is 0.495 e. The van der Waals surface area contributed by atoms with Crippen LogP contribution >= 0.6 is 23.2 Å². The molecule has 0 radical (unpaired) electrons. The van der Waals surface area contributed by atoms with Crippen LogP contribution in [0.4, 0.5) is 11.8 Å². The van der Waals surface area contributed by atoms with Crippen molar-refractivity contribution in [2.45, 2.75) is 25.4 Å². The third-order valence-corrected chi connectivity index (χ3v) is 9.18. The highest BCUT2D eigenvalue weighted by Crippen LogP contribution is 2.46. The van der Waals surface area contributed by atoms with Crippen molar-refractivity contribution in [1.29, 1.82) is 0 Å². The molecule has 3 N–H and O–H groups in total. The van der Waals surface area contributed by atoms with Gasteiger partial charge in [-0.15, -0.1) is 0 Å². The number of hydrogen-bond acceptors (Lipinski definition) is 11. The fourth-order valence-corrected chi connectivity index (χ4v) is 5.80. The Morgan fingerprint density at radius 1 is 1.17 bits per heavy atom. The summed E-state index contributed by atoms with van der Waals surface area (Å²) in [4.78, 5) is 25.9. The van der Waals surface area contributed by atoms with Crippen LogP contribution in [0.3, 0.4) is 0 Å². The highest BCUT2D eigenvalue weighted by Gasteiger charge is 2.28. The van der Waals surface area contributed by atoms with Gasteiger partial charge in [0.1, 0.15) is 17.0 Å². The van der Waals surface area contributed by atoms with Crippen molar-refractivity contribution in [1.82, 2.24) is 20.3 Å². The quantitative estimate of drug-likeness (QED) is 0.249. The first-order chi connectivity index (χ1) is 20.1. The van der Waals surface area contributed by atoms with E-state index >= 15 is 0 Å². The molecule has 1 fully saturated rings. The second kappa shape index (κ2) is 13.7. The Balaban J connectivity index is 1.78. The van der Waals surface area contributed by atoms with E-state index in [0.29, 0.717) is 59.1 Å². The average Bonchev–Trinajstić information content (AvgIpc) is 2.98. The van der Waals surface area contributed by atoms with E-state index in [4.69, 9.17) is 42.4 Å². The summed E-state index contributed by atoms with van der Waals surface area (Å²) in [7, 11) is -0.303. The highest BCUT2D eigenvalue weighted by atomic mass is 35.5. The minimum Gasteiger partial charge on any atom is -0.495 e. The van der Waals surface area contributed by atoms with Gasteiger partial charge in [-0.25, -0.2) is 23.4 Å². The number of carbonyl (C=O) groups excluding carboxylic acids is 1. The Labute approximate surface area is 254 Å². The van der Waals surface area contributed by atoms with Gasteiger partial charge in [0.2, 0.25) is 11.9 Å². The molecule has 0 spiro atoms. The number of amides is 1. The van der Waals surface area contributed by atoms with E-state index in [1.54, 1.807) is 25.3 Å². The van der Waals surface area contributed by atoms with Crippen molar-refractivity contribution in [2.24, 2.45) is 0 Å². The predicted molar refractivity (Wildman–Crippen MR) is 164 cm³/mol. The number of benzene rings is 1. The van der Waals surface area contributed by atoms with Crippen molar-refractivity contribution in [3.63, 3.8) is 0 Å². The number of halogens is 2. The number of fused-ring (bicyclic) bond motifs is 1. The molecule has 1 aliphatic heterocycles. The topological polar surface area (TPSA) is 154 Å². The minimum atomic E-state index is -3.25. The number of hydrogen-bond donors (Lipinski definition) is 3. The van der Waals surface area contributed by atoms with E-state index in [1.807, 2.05) is 0 Å². The fraction of sp³-hybridized carbons (Fsp3) is 0.407. The molecular weight excluding hydrogens is 607 g/mol. The number of ether oxygens (including phenoxy) is 3. The molecule has 2 atom stereocenters. The second-order valence-electron chi connectivity index (χ2n) is 9.37. The van der Waals surface area contributed by atoms with Gasteiger partial charge in [-0.2, -0.15) is 0 Å². The molecule has 4 rings (SSSR count). The summed E-state index contributed by atoms with van der Waals surface area (Å²) < 4.78 is 40.8. The van der Waals surface area contributed by atoms with Gasteiger partial charge in [0.05, 0.1) is 54.4 Å². The summed E-state index contributed by atoms with van der Waals surface area (Å²) in [5.74, 6) is 0.860. The van der Waals surface area contributed by atoms with Crippen LogP contribution < -0.4 is 25.4 Å². The molecule has 15 heteroatoms. The van der Waals surface area contributed by atoms with Gasteiger partial charge in [0.15, 0.2) is 15.7 Å². The summed E-state index contributed by atoms with van der Waals surface area (Å²) >= 11 is 13.3. The molecule has 0 saturated carbocycles. The molecule has 1 saturated heterocycles. The second-order valence-corrected chi connectivity index (χ2v) is 12.6. The SMILES string of the molecule is C=CC(=O)N[C@H]1CCOC[C@H]1Nc1ncc2cc(-c3c(Cl)c(OC)cc(OC)c3Cl)nc(NCCS(=O)(=O)CC)c2n1. The van der Waals surface area contributed by atoms with Crippen LogP contribution in [0.15, 0.2) is 31.0 Å². The number of carbonyl (C=O) groups is 1. The number of anilines is 2. The molecule has 1 amide bonds. The van der Waals surface area contributed by atoms with E-state index in [2.05, 4.69) is 32.5 Å². The van der Waals surface area contributed by atoms with Gasteiger partial charge in [0.25, 0.3) is 0 Å².